The highest BCUT2D eigenvalue weighted by Crippen LogP contribution is 2.25. The molecule has 1 rings (SSSR count). The molecule has 1 fully saturated rings. The standard InChI is InChI=1S/C7H14O5/c1-2-3(8)5(10)7(12)6(11)4(2)9/h2-12H,1H3/t2?,3-,4?,5?,6+,7?/m0/s1. The Bertz CT molecular complexity index is 103. The van der Waals surface area contributed by atoms with Gasteiger partial charge in [-0.2, -0.15) is 0 Å². The normalized spacial score (nSPS) is 55.5. The van der Waals surface area contributed by atoms with Crippen LogP contribution in [0.5, 0.6) is 0 Å². The Labute approximate surface area is 69.9 Å². The summed E-state index contributed by atoms with van der Waals surface area (Å²) >= 11 is 0. The quantitative estimate of drug-likeness (QED) is 0.281. The average Bonchev–Trinajstić information content (AvgIpc) is 2.08. The minimum atomic E-state index is -1.48. The molecule has 0 saturated heterocycles. The zero-order valence-electron chi connectivity index (χ0n) is 6.70. The summed E-state index contributed by atoms with van der Waals surface area (Å²) in [6.45, 7) is 1.49. The molecule has 0 amide bonds. The van der Waals surface area contributed by atoms with E-state index in [0.29, 0.717) is 0 Å². The van der Waals surface area contributed by atoms with E-state index in [1.807, 2.05) is 0 Å². The highest BCUT2D eigenvalue weighted by Gasteiger charge is 2.45. The van der Waals surface area contributed by atoms with E-state index in [9.17, 15) is 10.2 Å². The topological polar surface area (TPSA) is 101 Å². The van der Waals surface area contributed by atoms with Crippen LogP contribution in [0.25, 0.3) is 0 Å². The van der Waals surface area contributed by atoms with Gasteiger partial charge in [-0.3, -0.25) is 0 Å². The molecule has 0 heterocycles. The molecule has 72 valence electrons. The molecule has 1 aliphatic carbocycles. The monoisotopic (exact) mass is 178 g/mol. The molecule has 0 bridgehead atoms. The van der Waals surface area contributed by atoms with Crippen LogP contribution in [0.3, 0.4) is 0 Å². The Morgan fingerprint density at radius 1 is 0.583 bits per heavy atom. The smallest absolute Gasteiger partial charge is 0.111 e. The third kappa shape index (κ3) is 1.34. The first-order valence-corrected chi connectivity index (χ1v) is 3.87. The molecule has 1 aliphatic rings. The van der Waals surface area contributed by atoms with E-state index in [4.69, 9.17) is 15.3 Å². The third-order valence-electron chi connectivity index (χ3n) is 2.48. The number of hydrogen-bond acceptors (Lipinski definition) is 5. The van der Waals surface area contributed by atoms with Gasteiger partial charge in [-0.25, -0.2) is 0 Å². The first-order valence-electron chi connectivity index (χ1n) is 3.87. The lowest BCUT2D eigenvalue weighted by molar-refractivity contribution is -0.200. The van der Waals surface area contributed by atoms with E-state index in [0.717, 1.165) is 0 Å². The molecule has 0 radical (unpaired) electrons. The first-order chi connectivity index (χ1) is 5.46. The molecule has 0 spiro atoms. The highest BCUT2D eigenvalue weighted by molar-refractivity contribution is 4.96. The van der Waals surface area contributed by atoms with Crippen LogP contribution < -0.4 is 0 Å². The summed E-state index contributed by atoms with van der Waals surface area (Å²) in [7, 11) is 0. The Balaban J connectivity index is 2.76. The third-order valence-corrected chi connectivity index (χ3v) is 2.48. The SMILES string of the molecule is CC1C(O)[C@@H](O)C(O)C(O)[C@H]1O. The lowest BCUT2D eigenvalue weighted by Crippen LogP contribution is -2.60. The van der Waals surface area contributed by atoms with Crippen LogP contribution >= 0.6 is 0 Å². The van der Waals surface area contributed by atoms with Crippen molar-refractivity contribution in [3.63, 3.8) is 0 Å². The summed E-state index contributed by atoms with van der Waals surface area (Å²) in [4.78, 5) is 0. The fourth-order valence-electron chi connectivity index (χ4n) is 1.43. The molecule has 12 heavy (non-hydrogen) atoms. The maximum absolute atomic E-state index is 9.22. The number of aliphatic hydroxyl groups is 5. The molecule has 1 saturated carbocycles. The van der Waals surface area contributed by atoms with Crippen molar-refractivity contribution in [2.24, 2.45) is 5.92 Å². The van der Waals surface area contributed by atoms with Crippen LogP contribution in [0.15, 0.2) is 0 Å². The van der Waals surface area contributed by atoms with Gasteiger partial charge in [0.1, 0.15) is 18.3 Å². The maximum Gasteiger partial charge on any atom is 0.111 e. The predicted octanol–water partition coefficient (Wildman–Crippen LogP) is -2.56. The van der Waals surface area contributed by atoms with Gasteiger partial charge in [-0.1, -0.05) is 6.92 Å². The minimum absolute atomic E-state index is 0.640. The molecular weight excluding hydrogens is 164 g/mol. The average molecular weight is 178 g/mol. The van der Waals surface area contributed by atoms with Crippen LogP contribution in [0.4, 0.5) is 0 Å². The molecule has 5 N–H and O–H groups in total. The second-order valence-electron chi connectivity index (χ2n) is 3.31. The Morgan fingerprint density at radius 3 is 1.17 bits per heavy atom. The minimum Gasteiger partial charge on any atom is -0.390 e. The van der Waals surface area contributed by atoms with Gasteiger partial charge in [0.25, 0.3) is 0 Å². The summed E-state index contributed by atoms with van der Waals surface area (Å²) in [5.41, 5.74) is 0. The summed E-state index contributed by atoms with van der Waals surface area (Å²) < 4.78 is 0. The fraction of sp³-hybridized carbons (Fsp3) is 1.00. The fourth-order valence-corrected chi connectivity index (χ4v) is 1.43. The molecule has 5 nitrogen and oxygen atoms in total. The Morgan fingerprint density at radius 2 is 0.833 bits per heavy atom. The number of aliphatic hydroxyl groups excluding tert-OH is 5. The van der Waals surface area contributed by atoms with Crippen LogP contribution in [-0.4, -0.2) is 56.1 Å². The second-order valence-corrected chi connectivity index (χ2v) is 3.31. The molecule has 4 unspecified atom stereocenters. The summed E-state index contributed by atoms with van der Waals surface area (Å²) in [5.74, 6) is -0.640. The van der Waals surface area contributed by atoms with Crippen LogP contribution in [0, 0.1) is 5.92 Å². The van der Waals surface area contributed by atoms with Crippen molar-refractivity contribution in [1.29, 1.82) is 0 Å². The van der Waals surface area contributed by atoms with Gasteiger partial charge in [0, 0.05) is 5.92 Å². The molecule has 5 heteroatoms. The highest BCUT2D eigenvalue weighted by atomic mass is 16.4. The zero-order valence-corrected chi connectivity index (χ0v) is 6.70. The zero-order chi connectivity index (χ0) is 9.46. The molecule has 0 aliphatic heterocycles. The number of hydrogen-bond donors (Lipinski definition) is 5. The van der Waals surface area contributed by atoms with E-state index < -0.39 is 36.4 Å². The second kappa shape index (κ2) is 3.27. The largest absolute Gasteiger partial charge is 0.390 e. The molecule has 0 aromatic rings. The molecule has 6 atom stereocenters. The summed E-state index contributed by atoms with van der Waals surface area (Å²) in [6, 6.07) is 0. The Hall–Kier alpha value is -0.200. The van der Waals surface area contributed by atoms with Crippen LogP contribution in [0.1, 0.15) is 6.92 Å². The Kier molecular flexibility index (Phi) is 2.70. The van der Waals surface area contributed by atoms with E-state index in [1.165, 1.54) is 6.92 Å². The van der Waals surface area contributed by atoms with Crippen molar-refractivity contribution in [3.8, 4) is 0 Å². The lowest BCUT2D eigenvalue weighted by Gasteiger charge is -2.40. The van der Waals surface area contributed by atoms with E-state index in [-0.39, 0.29) is 0 Å². The van der Waals surface area contributed by atoms with E-state index in [1.54, 1.807) is 0 Å². The van der Waals surface area contributed by atoms with Crippen LogP contribution in [-0.2, 0) is 0 Å². The molecule has 0 aromatic carbocycles. The van der Waals surface area contributed by atoms with Gasteiger partial charge < -0.3 is 25.5 Å². The number of rotatable bonds is 0. The van der Waals surface area contributed by atoms with Gasteiger partial charge in [0.2, 0.25) is 0 Å². The molecular formula is C7H14O5. The van der Waals surface area contributed by atoms with Gasteiger partial charge in [0.15, 0.2) is 0 Å². The van der Waals surface area contributed by atoms with Gasteiger partial charge >= 0.3 is 0 Å². The summed E-state index contributed by atoms with van der Waals surface area (Å²) in [5, 5.41) is 45.8. The maximum atomic E-state index is 9.22. The van der Waals surface area contributed by atoms with Crippen molar-refractivity contribution in [3.05, 3.63) is 0 Å². The first kappa shape index (κ1) is 9.88. The van der Waals surface area contributed by atoms with Crippen molar-refractivity contribution in [2.75, 3.05) is 0 Å². The lowest BCUT2D eigenvalue weighted by atomic mass is 9.80. The van der Waals surface area contributed by atoms with Crippen LogP contribution in [0.2, 0.25) is 0 Å². The van der Waals surface area contributed by atoms with Crippen molar-refractivity contribution in [1.82, 2.24) is 0 Å². The predicted molar refractivity (Wildman–Crippen MR) is 39.2 cm³/mol. The van der Waals surface area contributed by atoms with Crippen molar-refractivity contribution >= 4 is 0 Å². The van der Waals surface area contributed by atoms with E-state index in [2.05, 4.69) is 0 Å². The van der Waals surface area contributed by atoms with Crippen molar-refractivity contribution in [2.45, 2.75) is 37.4 Å². The van der Waals surface area contributed by atoms with Gasteiger partial charge in [-0.15, -0.1) is 0 Å². The van der Waals surface area contributed by atoms with Gasteiger partial charge in [-0.05, 0) is 0 Å². The van der Waals surface area contributed by atoms with Crippen molar-refractivity contribution < 1.29 is 25.5 Å². The molecule has 0 aromatic heterocycles. The van der Waals surface area contributed by atoms with Gasteiger partial charge in [0.05, 0.1) is 12.2 Å². The summed E-state index contributed by atoms with van der Waals surface area (Å²) in [6.07, 6.45) is -6.65. The van der Waals surface area contributed by atoms with E-state index >= 15 is 0 Å².